The van der Waals surface area contributed by atoms with Gasteiger partial charge in [-0.25, -0.2) is 5.43 Å². The van der Waals surface area contributed by atoms with Crippen LogP contribution in [0.5, 0.6) is 5.75 Å². The van der Waals surface area contributed by atoms with Gasteiger partial charge in [0.25, 0.3) is 0 Å². The van der Waals surface area contributed by atoms with E-state index in [1.54, 1.807) is 19.1 Å². The molecule has 0 atom stereocenters. The number of hydrazone groups is 1. The third kappa shape index (κ3) is 7.31. The number of nitrogens with one attached hydrogen (secondary N) is 3. The zero-order valence-electron chi connectivity index (χ0n) is 15.3. The fourth-order valence-corrected chi connectivity index (χ4v) is 1.93. The summed E-state index contributed by atoms with van der Waals surface area (Å²) in [7, 11) is 3.00. The molecule has 0 aliphatic heterocycles. The molecule has 1 aromatic rings. The Kier molecular flexibility index (Phi) is 8.79. The van der Waals surface area contributed by atoms with Gasteiger partial charge in [0.2, 0.25) is 5.91 Å². The Hall–Kier alpha value is -2.94. The Labute approximate surface area is 152 Å². The molecule has 0 fully saturated rings. The molecule has 0 heterocycles. The van der Waals surface area contributed by atoms with Gasteiger partial charge in [-0.3, -0.25) is 14.4 Å². The molecule has 0 saturated carbocycles. The monoisotopic (exact) mass is 364 g/mol. The summed E-state index contributed by atoms with van der Waals surface area (Å²) in [4.78, 5) is 35.1. The minimum atomic E-state index is -0.916. The van der Waals surface area contributed by atoms with Gasteiger partial charge in [0.15, 0.2) is 0 Å². The summed E-state index contributed by atoms with van der Waals surface area (Å²) in [6.45, 7) is 3.97. The van der Waals surface area contributed by atoms with Crippen molar-refractivity contribution in [3.63, 3.8) is 0 Å². The van der Waals surface area contributed by atoms with Crippen molar-refractivity contribution >= 4 is 29.1 Å². The van der Waals surface area contributed by atoms with E-state index < -0.39 is 11.8 Å². The number of nitrogens with zero attached hydrogens (tertiary/aromatic N) is 1. The van der Waals surface area contributed by atoms with Crippen LogP contribution in [0.2, 0.25) is 0 Å². The highest BCUT2D eigenvalue weighted by molar-refractivity contribution is 6.35. The van der Waals surface area contributed by atoms with Gasteiger partial charge in [-0.1, -0.05) is 6.07 Å². The minimum Gasteiger partial charge on any atom is -0.495 e. The second kappa shape index (κ2) is 10.8. The van der Waals surface area contributed by atoms with E-state index in [4.69, 9.17) is 9.47 Å². The van der Waals surface area contributed by atoms with E-state index >= 15 is 0 Å². The maximum Gasteiger partial charge on any atom is 0.329 e. The first kappa shape index (κ1) is 21.1. The molecule has 1 aromatic carbocycles. The fourth-order valence-electron chi connectivity index (χ4n) is 1.93. The molecule has 0 radical (unpaired) electrons. The molecule has 1 rings (SSSR count). The number of anilines is 1. The predicted molar refractivity (Wildman–Crippen MR) is 97.1 cm³/mol. The molecule has 0 aliphatic rings. The Morgan fingerprint density at radius 3 is 2.54 bits per heavy atom. The summed E-state index contributed by atoms with van der Waals surface area (Å²) in [5.74, 6) is -1.53. The minimum absolute atomic E-state index is 0.0529. The van der Waals surface area contributed by atoms with E-state index in [2.05, 4.69) is 21.2 Å². The lowest BCUT2D eigenvalue weighted by molar-refractivity contribution is -0.139. The maximum atomic E-state index is 12.1. The number of hydrogen-bond donors (Lipinski definition) is 3. The Morgan fingerprint density at radius 2 is 1.88 bits per heavy atom. The van der Waals surface area contributed by atoms with Crippen LogP contribution in [0.15, 0.2) is 23.3 Å². The summed E-state index contributed by atoms with van der Waals surface area (Å²) in [5.41, 5.74) is 3.96. The maximum absolute atomic E-state index is 12.1. The molecule has 9 heteroatoms. The lowest BCUT2D eigenvalue weighted by atomic mass is 10.2. The number of methoxy groups -OCH3 is 2. The molecule has 26 heavy (non-hydrogen) atoms. The van der Waals surface area contributed by atoms with Crippen LogP contribution in [0, 0.1) is 6.92 Å². The SMILES string of the molecule is COCCNC(=O)C(=O)NN=C(C)CC(=O)Nc1cc(C)ccc1OC. The largest absolute Gasteiger partial charge is 0.495 e. The van der Waals surface area contributed by atoms with Crippen molar-refractivity contribution in [3.8, 4) is 5.75 Å². The Bertz CT molecular complexity index is 688. The van der Waals surface area contributed by atoms with Crippen molar-refractivity contribution < 1.29 is 23.9 Å². The fraction of sp³-hybridized carbons (Fsp3) is 0.412. The summed E-state index contributed by atoms with van der Waals surface area (Å²) < 4.78 is 9.96. The quantitative estimate of drug-likeness (QED) is 0.270. The van der Waals surface area contributed by atoms with Crippen LogP contribution in [-0.4, -0.2) is 50.8 Å². The lowest BCUT2D eigenvalue weighted by Gasteiger charge is -2.11. The van der Waals surface area contributed by atoms with Gasteiger partial charge >= 0.3 is 11.8 Å². The first-order chi connectivity index (χ1) is 12.4. The normalized spacial score (nSPS) is 10.8. The van der Waals surface area contributed by atoms with Crippen molar-refractivity contribution in [1.29, 1.82) is 0 Å². The van der Waals surface area contributed by atoms with Crippen molar-refractivity contribution in [2.24, 2.45) is 5.10 Å². The van der Waals surface area contributed by atoms with Crippen molar-refractivity contribution in [2.75, 3.05) is 32.7 Å². The van der Waals surface area contributed by atoms with Gasteiger partial charge < -0.3 is 20.1 Å². The molecular weight excluding hydrogens is 340 g/mol. The molecule has 0 saturated heterocycles. The van der Waals surface area contributed by atoms with E-state index in [-0.39, 0.29) is 18.9 Å². The van der Waals surface area contributed by atoms with Crippen molar-refractivity contribution in [1.82, 2.24) is 10.7 Å². The van der Waals surface area contributed by atoms with E-state index in [0.29, 0.717) is 23.8 Å². The van der Waals surface area contributed by atoms with E-state index in [9.17, 15) is 14.4 Å². The Balaban J connectivity index is 2.53. The Morgan fingerprint density at radius 1 is 1.15 bits per heavy atom. The topological polar surface area (TPSA) is 118 Å². The van der Waals surface area contributed by atoms with Crippen LogP contribution in [-0.2, 0) is 19.1 Å². The molecule has 9 nitrogen and oxygen atoms in total. The van der Waals surface area contributed by atoms with Crippen molar-refractivity contribution in [3.05, 3.63) is 23.8 Å². The average Bonchev–Trinajstić information content (AvgIpc) is 2.59. The van der Waals surface area contributed by atoms with Crippen LogP contribution < -0.4 is 20.8 Å². The first-order valence-corrected chi connectivity index (χ1v) is 7.92. The number of aryl methyl sites for hydroxylation is 1. The third-order valence-corrected chi connectivity index (χ3v) is 3.19. The van der Waals surface area contributed by atoms with Crippen LogP contribution in [0.1, 0.15) is 18.9 Å². The molecule has 0 bridgehead atoms. The number of amides is 3. The van der Waals surface area contributed by atoms with Crippen molar-refractivity contribution in [2.45, 2.75) is 20.3 Å². The number of benzene rings is 1. The van der Waals surface area contributed by atoms with Crippen LogP contribution in [0.3, 0.4) is 0 Å². The van der Waals surface area contributed by atoms with Crippen LogP contribution in [0.25, 0.3) is 0 Å². The molecular formula is C17H24N4O5. The molecule has 0 spiro atoms. The van der Waals surface area contributed by atoms with E-state index in [1.807, 2.05) is 13.0 Å². The summed E-state index contributed by atoms with van der Waals surface area (Å²) in [6.07, 6.45) is -0.0529. The summed E-state index contributed by atoms with van der Waals surface area (Å²) in [6, 6.07) is 5.41. The third-order valence-electron chi connectivity index (χ3n) is 3.19. The van der Waals surface area contributed by atoms with E-state index in [0.717, 1.165) is 5.56 Å². The second-order valence-corrected chi connectivity index (χ2v) is 5.47. The number of carbonyl (C=O) groups is 3. The van der Waals surface area contributed by atoms with Gasteiger partial charge in [-0.15, -0.1) is 0 Å². The highest BCUT2D eigenvalue weighted by Gasteiger charge is 2.13. The lowest BCUT2D eigenvalue weighted by Crippen LogP contribution is -2.39. The molecule has 0 aliphatic carbocycles. The van der Waals surface area contributed by atoms with Gasteiger partial charge in [0, 0.05) is 19.4 Å². The molecule has 3 N–H and O–H groups in total. The first-order valence-electron chi connectivity index (χ1n) is 7.92. The number of carbonyl (C=O) groups excluding carboxylic acids is 3. The highest BCUT2D eigenvalue weighted by Crippen LogP contribution is 2.25. The number of ether oxygens (including phenoxy) is 2. The smallest absolute Gasteiger partial charge is 0.329 e. The van der Waals surface area contributed by atoms with Crippen LogP contribution in [0.4, 0.5) is 5.69 Å². The molecule has 0 unspecified atom stereocenters. The molecule has 3 amide bonds. The van der Waals surface area contributed by atoms with Gasteiger partial charge in [0.05, 0.1) is 25.8 Å². The van der Waals surface area contributed by atoms with Gasteiger partial charge in [0.1, 0.15) is 5.75 Å². The van der Waals surface area contributed by atoms with Gasteiger partial charge in [-0.05, 0) is 31.5 Å². The van der Waals surface area contributed by atoms with E-state index in [1.165, 1.54) is 14.2 Å². The predicted octanol–water partition coefficient (Wildman–Crippen LogP) is 0.587. The standard InChI is InChI=1S/C17H24N4O5/c1-11-5-6-14(26-4)13(9-11)19-15(22)10-12(2)20-21-17(24)16(23)18-7-8-25-3/h5-6,9H,7-8,10H2,1-4H3,(H,18,23)(H,19,22)(H,21,24). The highest BCUT2D eigenvalue weighted by atomic mass is 16.5. The second-order valence-electron chi connectivity index (χ2n) is 5.47. The molecule has 0 aromatic heterocycles. The van der Waals surface area contributed by atoms with Crippen LogP contribution >= 0.6 is 0 Å². The number of rotatable bonds is 8. The number of hydrogen-bond acceptors (Lipinski definition) is 6. The average molecular weight is 364 g/mol. The zero-order valence-corrected chi connectivity index (χ0v) is 15.3. The molecule has 142 valence electrons. The summed E-state index contributed by atoms with van der Waals surface area (Å²) in [5, 5.41) is 8.84. The summed E-state index contributed by atoms with van der Waals surface area (Å²) >= 11 is 0. The zero-order chi connectivity index (χ0) is 19.5. The van der Waals surface area contributed by atoms with Gasteiger partial charge in [-0.2, -0.15) is 5.10 Å².